The van der Waals surface area contributed by atoms with Gasteiger partial charge in [-0.1, -0.05) is 13.8 Å². The number of benzene rings is 1. The summed E-state index contributed by atoms with van der Waals surface area (Å²) in [6.45, 7) is 4.22. The first-order chi connectivity index (χ1) is 9.88. The molecule has 0 unspecified atom stereocenters. The molecule has 2 aromatic rings. The number of nitrogen functional groups attached to an aromatic ring is 1. The Labute approximate surface area is 136 Å². The van der Waals surface area contributed by atoms with Crippen molar-refractivity contribution < 1.29 is 4.92 Å². The second-order valence-electron chi connectivity index (χ2n) is 5.10. The average molecular weight is 398 g/mol. The quantitative estimate of drug-likeness (QED) is 0.484. The second-order valence-corrected chi connectivity index (χ2v) is 6.17. The monoisotopic (exact) mass is 398 g/mol. The van der Waals surface area contributed by atoms with Crippen LogP contribution in [0.2, 0.25) is 0 Å². The highest BCUT2D eigenvalue weighted by atomic mass is 127. The van der Waals surface area contributed by atoms with Crippen LogP contribution in [0.3, 0.4) is 0 Å². The van der Waals surface area contributed by atoms with Crippen LogP contribution in [0.4, 0.5) is 11.5 Å². The van der Waals surface area contributed by atoms with Crippen molar-refractivity contribution in [2.24, 2.45) is 5.92 Å². The number of non-ortho nitro benzene ring substituents is 1. The van der Waals surface area contributed by atoms with Crippen molar-refractivity contribution in [1.29, 1.82) is 0 Å². The van der Waals surface area contributed by atoms with Gasteiger partial charge >= 0.3 is 0 Å². The predicted octanol–water partition coefficient (Wildman–Crippen LogP) is 3.44. The SMILES string of the molecule is CC(C)Cc1nc(-c2ccc([N+](=O)[O-])cc2)nc(N)c1I. The van der Waals surface area contributed by atoms with Crippen LogP contribution in [0.1, 0.15) is 19.5 Å². The molecule has 0 aliphatic rings. The molecule has 0 saturated carbocycles. The lowest BCUT2D eigenvalue weighted by atomic mass is 10.1. The van der Waals surface area contributed by atoms with Crippen molar-refractivity contribution in [3.05, 3.63) is 43.6 Å². The van der Waals surface area contributed by atoms with E-state index in [1.807, 2.05) is 0 Å². The van der Waals surface area contributed by atoms with Gasteiger partial charge in [0.2, 0.25) is 0 Å². The first kappa shape index (κ1) is 15.6. The lowest BCUT2D eigenvalue weighted by Gasteiger charge is -2.10. The first-order valence-corrected chi connectivity index (χ1v) is 7.53. The van der Waals surface area contributed by atoms with Gasteiger partial charge in [0.25, 0.3) is 5.69 Å². The van der Waals surface area contributed by atoms with Crippen LogP contribution in [0.5, 0.6) is 0 Å². The molecule has 2 rings (SSSR count). The van der Waals surface area contributed by atoms with Crippen LogP contribution < -0.4 is 5.73 Å². The van der Waals surface area contributed by atoms with Gasteiger partial charge in [0, 0.05) is 17.7 Å². The minimum absolute atomic E-state index is 0.0413. The van der Waals surface area contributed by atoms with Crippen LogP contribution in [-0.2, 0) is 6.42 Å². The summed E-state index contributed by atoms with van der Waals surface area (Å²) < 4.78 is 0.868. The highest BCUT2D eigenvalue weighted by Gasteiger charge is 2.13. The Balaban J connectivity index is 2.43. The maximum absolute atomic E-state index is 10.7. The molecule has 0 aliphatic heterocycles. The zero-order valence-corrected chi connectivity index (χ0v) is 13.9. The number of rotatable bonds is 4. The fourth-order valence-corrected chi connectivity index (χ4v) is 2.36. The molecule has 0 saturated heterocycles. The van der Waals surface area contributed by atoms with Crippen LogP contribution in [0.15, 0.2) is 24.3 Å². The van der Waals surface area contributed by atoms with E-state index in [2.05, 4.69) is 46.4 Å². The number of nitrogens with two attached hydrogens (primary N) is 1. The molecule has 0 radical (unpaired) electrons. The minimum Gasteiger partial charge on any atom is -0.383 e. The molecule has 0 amide bonds. The molecular weight excluding hydrogens is 383 g/mol. The number of nitro groups is 1. The summed E-state index contributed by atoms with van der Waals surface area (Å²) in [4.78, 5) is 19.1. The molecule has 0 fully saturated rings. The van der Waals surface area contributed by atoms with E-state index in [0.29, 0.717) is 23.1 Å². The van der Waals surface area contributed by atoms with Crippen molar-refractivity contribution in [3.63, 3.8) is 0 Å². The number of hydrogen-bond donors (Lipinski definition) is 1. The van der Waals surface area contributed by atoms with Gasteiger partial charge in [-0.15, -0.1) is 0 Å². The van der Waals surface area contributed by atoms with Gasteiger partial charge in [0.05, 0.1) is 14.2 Å². The van der Waals surface area contributed by atoms with Gasteiger partial charge in [0.1, 0.15) is 5.82 Å². The Kier molecular flexibility index (Phi) is 4.71. The average Bonchev–Trinajstić information content (AvgIpc) is 2.43. The third-order valence-electron chi connectivity index (χ3n) is 2.88. The van der Waals surface area contributed by atoms with E-state index in [9.17, 15) is 10.1 Å². The lowest BCUT2D eigenvalue weighted by Crippen LogP contribution is -2.07. The van der Waals surface area contributed by atoms with Crippen molar-refractivity contribution in [3.8, 4) is 11.4 Å². The molecule has 1 heterocycles. The fourth-order valence-electron chi connectivity index (χ4n) is 1.90. The molecule has 0 atom stereocenters. The first-order valence-electron chi connectivity index (χ1n) is 6.45. The van der Waals surface area contributed by atoms with E-state index < -0.39 is 4.92 Å². The van der Waals surface area contributed by atoms with E-state index in [1.165, 1.54) is 12.1 Å². The van der Waals surface area contributed by atoms with Crippen molar-refractivity contribution in [1.82, 2.24) is 9.97 Å². The Hall–Kier alpha value is -1.77. The molecule has 1 aromatic heterocycles. The van der Waals surface area contributed by atoms with Gasteiger partial charge in [-0.05, 0) is 47.1 Å². The summed E-state index contributed by atoms with van der Waals surface area (Å²) in [7, 11) is 0. The topological polar surface area (TPSA) is 94.9 Å². The number of nitrogens with zero attached hydrogens (tertiary/aromatic N) is 3. The lowest BCUT2D eigenvalue weighted by molar-refractivity contribution is -0.384. The van der Waals surface area contributed by atoms with E-state index in [1.54, 1.807) is 12.1 Å². The van der Waals surface area contributed by atoms with E-state index in [-0.39, 0.29) is 5.69 Å². The van der Waals surface area contributed by atoms with Gasteiger partial charge in [-0.2, -0.15) is 0 Å². The zero-order valence-electron chi connectivity index (χ0n) is 11.7. The fraction of sp³-hybridized carbons (Fsp3) is 0.286. The number of nitro benzene ring substituents is 1. The number of aromatic nitrogens is 2. The Morgan fingerprint density at radius 1 is 1.29 bits per heavy atom. The Morgan fingerprint density at radius 2 is 1.90 bits per heavy atom. The van der Waals surface area contributed by atoms with E-state index in [0.717, 1.165) is 15.7 Å². The van der Waals surface area contributed by atoms with Crippen LogP contribution >= 0.6 is 22.6 Å². The Bertz CT molecular complexity index is 671. The molecular formula is C14H15IN4O2. The summed E-state index contributed by atoms with van der Waals surface area (Å²) in [5.74, 6) is 1.39. The van der Waals surface area contributed by atoms with E-state index in [4.69, 9.17) is 5.73 Å². The van der Waals surface area contributed by atoms with Gasteiger partial charge in [-0.25, -0.2) is 9.97 Å². The highest BCUT2D eigenvalue weighted by molar-refractivity contribution is 14.1. The molecule has 0 spiro atoms. The molecule has 6 nitrogen and oxygen atoms in total. The third-order valence-corrected chi connectivity index (χ3v) is 4.06. The summed E-state index contributed by atoms with van der Waals surface area (Å²) in [5, 5.41) is 10.7. The molecule has 0 bridgehead atoms. The maximum Gasteiger partial charge on any atom is 0.269 e. The van der Waals surface area contributed by atoms with Gasteiger partial charge < -0.3 is 5.73 Å². The number of anilines is 1. The number of halogens is 1. The van der Waals surface area contributed by atoms with Gasteiger partial charge in [-0.3, -0.25) is 10.1 Å². The molecule has 7 heteroatoms. The molecule has 2 N–H and O–H groups in total. The second kappa shape index (κ2) is 6.33. The molecule has 1 aromatic carbocycles. The number of hydrogen-bond acceptors (Lipinski definition) is 5. The molecule has 21 heavy (non-hydrogen) atoms. The van der Waals surface area contributed by atoms with Crippen LogP contribution in [0, 0.1) is 19.6 Å². The van der Waals surface area contributed by atoms with Crippen LogP contribution in [0.25, 0.3) is 11.4 Å². The molecule has 110 valence electrons. The van der Waals surface area contributed by atoms with Crippen molar-refractivity contribution in [2.45, 2.75) is 20.3 Å². The summed E-state index contributed by atoms with van der Waals surface area (Å²) in [5.41, 5.74) is 7.61. The summed E-state index contributed by atoms with van der Waals surface area (Å²) in [6.07, 6.45) is 0.810. The van der Waals surface area contributed by atoms with Crippen molar-refractivity contribution >= 4 is 34.1 Å². The highest BCUT2D eigenvalue weighted by Crippen LogP contribution is 2.25. The van der Waals surface area contributed by atoms with Crippen molar-refractivity contribution in [2.75, 3.05) is 5.73 Å². The largest absolute Gasteiger partial charge is 0.383 e. The summed E-state index contributed by atoms with van der Waals surface area (Å²) in [6, 6.07) is 6.15. The maximum atomic E-state index is 10.7. The standard InChI is InChI=1S/C14H15IN4O2/c1-8(2)7-11-12(15)13(16)18-14(17-11)9-3-5-10(6-4-9)19(20)21/h3-6,8H,7H2,1-2H3,(H2,16,17,18). The minimum atomic E-state index is -0.433. The smallest absolute Gasteiger partial charge is 0.269 e. The summed E-state index contributed by atoms with van der Waals surface area (Å²) >= 11 is 2.15. The van der Waals surface area contributed by atoms with Crippen LogP contribution in [-0.4, -0.2) is 14.9 Å². The normalized spacial score (nSPS) is 10.9. The molecule has 0 aliphatic carbocycles. The Morgan fingerprint density at radius 3 is 2.43 bits per heavy atom. The third kappa shape index (κ3) is 3.66. The zero-order chi connectivity index (χ0) is 15.6. The van der Waals surface area contributed by atoms with E-state index >= 15 is 0 Å². The van der Waals surface area contributed by atoms with Gasteiger partial charge in [0.15, 0.2) is 5.82 Å². The predicted molar refractivity (Wildman–Crippen MR) is 89.8 cm³/mol.